The maximum absolute atomic E-state index is 11.3. The van der Waals surface area contributed by atoms with Gasteiger partial charge in [-0.1, -0.05) is 24.3 Å². The highest BCUT2D eigenvalue weighted by atomic mass is 16.6. The number of nitrogens with zero attached hydrogens (tertiary/aromatic N) is 2. The number of hydrogen-bond donors (Lipinski definition) is 4. The first kappa shape index (κ1) is 23.7. The van der Waals surface area contributed by atoms with E-state index in [1.54, 1.807) is 12.1 Å². The molecule has 2 aliphatic rings. The fraction of sp³-hybridized carbons (Fsp3) is 0.417. The highest BCUT2D eigenvalue weighted by Gasteiger charge is 2.26. The zero-order valence-corrected chi connectivity index (χ0v) is 18.8. The minimum Gasteiger partial charge on any atom is -0.493 e. The molecule has 1 atom stereocenters. The van der Waals surface area contributed by atoms with Crippen LogP contribution in [0, 0.1) is 21.4 Å². The van der Waals surface area contributed by atoms with Crippen LogP contribution >= 0.6 is 0 Å². The van der Waals surface area contributed by atoms with E-state index < -0.39 is 12.1 Å². The van der Waals surface area contributed by atoms with Crippen LogP contribution in [0.15, 0.2) is 42.5 Å². The lowest BCUT2D eigenvalue weighted by Gasteiger charge is -2.32. The summed E-state index contributed by atoms with van der Waals surface area (Å²) in [5.74, 6) is 0.994. The molecule has 2 aromatic rings. The monoisotopic (exact) mass is 467 g/mol. The summed E-state index contributed by atoms with van der Waals surface area (Å²) in [6.07, 6.45) is 1.45. The van der Waals surface area contributed by atoms with E-state index in [1.165, 1.54) is 0 Å². The average Bonchev–Trinajstić information content (AvgIpc) is 2.83. The smallest absolute Gasteiger partial charge is 0.410 e. The number of amidine groups is 1. The molecule has 1 unspecified atom stereocenters. The van der Waals surface area contributed by atoms with Crippen LogP contribution < -0.4 is 15.4 Å². The standard InChI is InChI=1S/C24H29N5O5/c25-23(27-24(30)31)22-20-13-19(6-5-17(20)7-10-26-22)34-15-16-8-11-28(12-9-16)14-18-3-1-2-4-21(18)29(32)33/h1-6,13,16,22,26H,7-12,14-15H2,(H2,25,27)(H,30,31). The van der Waals surface area contributed by atoms with Gasteiger partial charge >= 0.3 is 6.09 Å². The molecule has 0 aromatic heterocycles. The van der Waals surface area contributed by atoms with Gasteiger partial charge in [-0.05, 0) is 61.5 Å². The molecule has 1 saturated heterocycles. The van der Waals surface area contributed by atoms with Crippen LogP contribution in [-0.4, -0.2) is 53.1 Å². The van der Waals surface area contributed by atoms with E-state index in [4.69, 9.17) is 15.3 Å². The predicted molar refractivity (Wildman–Crippen MR) is 126 cm³/mol. The molecule has 4 rings (SSSR count). The first-order chi connectivity index (χ1) is 16.4. The second-order valence-corrected chi connectivity index (χ2v) is 8.76. The Hall–Kier alpha value is -3.50. The van der Waals surface area contributed by atoms with Gasteiger partial charge in [-0.3, -0.25) is 25.7 Å². The quantitative estimate of drug-likeness (QED) is 0.212. The zero-order chi connectivity index (χ0) is 24.1. The first-order valence-corrected chi connectivity index (χ1v) is 11.4. The summed E-state index contributed by atoms with van der Waals surface area (Å²) in [5, 5.41) is 33.6. The SMILES string of the molecule is N=C(NC(=O)O)C1NCCc2ccc(OCC3CCN(Cc4ccccc4[N+](=O)[O-])CC3)cc21. The van der Waals surface area contributed by atoms with Crippen molar-refractivity contribution in [3.63, 3.8) is 0 Å². The van der Waals surface area contributed by atoms with Crippen LogP contribution in [0.1, 0.15) is 35.6 Å². The van der Waals surface area contributed by atoms with Gasteiger partial charge in [0.1, 0.15) is 11.6 Å². The van der Waals surface area contributed by atoms with Crippen LogP contribution in [0.5, 0.6) is 5.75 Å². The molecule has 10 nitrogen and oxygen atoms in total. The summed E-state index contributed by atoms with van der Waals surface area (Å²) in [6.45, 7) is 3.52. The molecule has 2 aromatic carbocycles. The predicted octanol–water partition coefficient (Wildman–Crippen LogP) is 3.32. The molecule has 2 heterocycles. The number of amides is 1. The van der Waals surface area contributed by atoms with Gasteiger partial charge in [-0.15, -0.1) is 0 Å². The Morgan fingerprint density at radius 2 is 2.03 bits per heavy atom. The Morgan fingerprint density at radius 3 is 2.76 bits per heavy atom. The number of carbonyl (C=O) groups is 1. The molecule has 180 valence electrons. The van der Waals surface area contributed by atoms with E-state index in [9.17, 15) is 14.9 Å². The fourth-order valence-corrected chi connectivity index (χ4v) is 4.65. The van der Waals surface area contributed by atoms with Crippen molar-refractivity contribution < 1.29 is 19.6 Å². The number of benzene rings is 2. The largest absolute Gasteiger partial charge is 0.493 e. The molecule has 0 radical (unpaired) electrons. The van der Waals surface area contributed by atoms with Crippen molar-refractivity contribution in [2.75, 3.05) is 26.2 Å². The maximum Gasteiger partial charge on any atom is 0.410 e. The van der Waals surface area contributed by atoms with Crippen LogP contribution in [-0.2, 0) is 13.0 Å². The van der Waals surface area contributed by atoms with E-state index in [2.05, 4.69) is 15.5 Å². The van der Waals surface area contributed by atoms with E-state index in [-0.39, 0.29) is 16.4 Å². The molecule has 0 saturated carbocycles. The van der Waals surface area contributed by atoms with E-state index in [1.807, 2.05) is 30.3 Å². The third kappa shape index (κ3) is 5.70. The summed E-state index contributed by atoms with van der Waals surface area (Å²) in [4.78, 5) is 24.1. The number of ether oxygens (including phenoxy) is 1. The average molecular weight is 468 g/mol. The summed E-state index contributed by atoms with van der Waals surface area (Å²) >= 11 is 0. The Morgan fingerprint density at radius 1 is 1.26 bits per heavy atom. The number of nitro groups is 1. The molecule has 34 heavy (non-hydrogen) atoms. The normalized spacial score (nSPS) is 18.6. The molecular formula is C24H29N5O5. The number of nitro benzene ring substituents is 1. The summed E-state index contributed by atoms with van der Waals surface area (Å²) in [6, 6.07) is 12.2. The molecule has 1 amide bonds. The number of para-hydroxylation sites is 1. The van der Waals surface area contributed by atoms with Crippen LogP contribution in [0.4, 0.5) is 10.5 Å². The molecule has 0 bridgehead atoms. The van der Waals surface area contributed by atoms with Crippen LogP contribution in [0.25, 0.3) is 0 Å². The fourth-order valence-electron chi connectivity index (χ4n) is 4.65. The Kier molecular flexibility index (Phi) is 7.39. The number of likely N-dealkylation sites (tertiary alicyclic amines) is 1. The maximum atomic E-state index is 11.3. The Bertz CT molecular complexity index is 1070. The number of piperidine rings is 1. The molecule has 2 aliphatic heterocycles. The van der Waals surface area contributed by atoms with E-state index >= 15 is 0 Å². The van der Waals surface area contributed by atoms with Gasteiger partial charge < -0.3 is 15.2 Å². The molecule has 4 N–H and O–H groups in total. The van der Waals surface area contributed by atoms with E-state index in [0.717, 1.165) is 49.0 Å². The summed E-state index contributed by atoms with van der Waals surface area (Å²) in [5.41, 5.74) is 2.85. The van der Waals surface area contributed by atoms with Gasteiger partial charge in [-0.2, -0.15) is 0 Å². The summed E-state index contributed by atoms with van der Waals surface area (Å²) in [7, 11) is 0. The molecule has 0 aliphatic carbocycles. The van der Waals surface area contributed by atoms with Gasteiger partial charge in [0.15, 0.2) is 0 Å². The van der Waals surface area contributed by atoms with Crippen molar-refractivity contribution in [3.8, 4) is 5.75 Å². The van der Waals surface area contributed by atoms with Crippen molar-refractivity contribution in [1.29, 1.82) is 5.41 Å². The lowest BCUT2D eigenvalue weighted by molar-refractivity contribution is -0.385. The molecular weight excluding hydrogens is 438 g/mol. The Labute approximate surface area is 197 Å². The third-order valence-corrected chi connectivity index (χ3v) is 6.48. The summed E-state index contributed by atoms with van der Waals surface area (Å²) < 4.78 is 6.08. The van der Waals surface area contributed by atoms with Gasteiger partial charge in [0.25, 0.3) is 5.69 Å². The lowest BCUT2D eigenvalue weighted by Crippen LogP contribution is -2.42. The van der Waals surface area contributed by atoms with Crippen molar-refractivity contribution in [3.05, 3.63) is 69.3 Å². The highest BCUT2D eigenvalue weighted by Crippen LogP contribution is 2.29. The minimum atomic E-state index is -1.25. The van der Waals surface area contributed by atoms with Gasteiger partial charge in [0.2, 0.25) is 0 Å². The van der Waals surface area contributed by atoms with Crippen molar-refractivity contribution in [2.24, 2.45) is 5.92 Å². The number of carboxylic acid groups (broad SMARTS) is 1. The number of nitrogens with one attached hydrogen (secondary N) is 3. The number of fused-ring (bicyclic) bond motifs is 1. The van der Waals surface area contributed by atoms with Gasteiger partial charge in [0, 0.05) is 24.7 Å². The number of hydrogen-bond acceptors (Lipinski definition) is 7. The minimum absolute atomic E-state index is 0.100. The van der Waals surface area contributed by atoms with Crippen molar-refractivity contribution >= 4 is 17.6 Å². The molecule has 10 heteroatoms. The molecule has 1 fully saturated rings. The second kappa shape index (κ2) is 10.6. The van der Waals surface area contributed by atoms with Gasteiger partial charge in [-0.25, -0.2) is 4.79 Å². The highest BCUT2D eigenvalue weighted by molar-refractivity contribution is 5.97. The van der Waals surface area contributed by atoms with Crippen molar-refractivity contribution in [2.45, 2.75) is 31.8 Å². The topological polar surface area (TPSA) is 141 Å². The molecule has 0 spiro atoms. The lowest BCUT2D eigenvalue weighted by atomic mass is 9.93. The van der Waals surface area contributed by atoms with Crippen LogP contribution in [0.2, 0.25) is 0 Å². The zero-order valence-electron chi connectivity index (χ0n) is 18.8. The second-order valence-electron chi connectivity index (χ2n) is 8.76. The van der Waals surface area contributed by atoms with Crippen LogP contribution in [0.3, 0.4) is 0 Å². The van der Waals surface area contributed by atoms with E-state index in [0.29, 0.717) is 31.4 Å². The van der Waals surface area contributed by atoms with Crippen molar-refractivity contribution in [1.82, 2.24) is 15.5 Å². The Balaban J connectivity index is 1.31. The number of rotatable bonds is 7. The first-order valence-electron chi connectivity index (χ1n) is 11.4. The third-order valence-electron chi connectivity index (χ3n) is 6.48. The van der Waals surface area contributed by atoms with Gasteiger partial charge in [0.05, 0.1) is 17.6 Å².